The van der Waals surface area contributed by atoms with Gasteiger partial charge in [-0.2, -0.15) is 0 Å². The van der Waals surface area contributed by atoms with E-state index in [0.29, 0.717) is 25.8 Å². The topological polar surface area (TPSA) is 21.7 Å². The van der Waals surface area contributed by atoms with Gasteiger partial charge >= 0.3 is 148 Å². The number of methoxy groups -OCH3 is 1. The molecule has 0 aromatic heterocycles. The molecule has 1 aliphatic rings. The molecule has 1 aromatic rings. The molecule has 1 fully saturated rings. The molecule has 0 N–H and O–H groups in total. The second-order valence-electron chi connectivity index (χ2n) is 6.48. The van der Waals surface area contributed by atoms with Gasteiger partial charge in [-0.05, 0) is 0 Å². The molecule has 0 bridgehead atoms. The van der Waals surface area contributed by atoms with Gasteiger partial charge in [0.2, 0.25) is 0 Å². The number of hydrogen-bond donors (Lipinski definition) is 0. The third kappa shape index (κ3) is 4.37. The molecule has 1 aliphatic carbocycles. The van der Waals surface area contributed by atoms with Crippen molar-refractivity contribution in [3.8, 4) is 0 Å². The first-order valence-electron chi connectivity index (χ1n) is 8.65. The Morgan fingerprint density at radius 2 is 2.04 bits per heavy atom. The first-order valence-corrected chi connectivity index (χ1v) is 10.5. The molecular formula is C19H31NO2Se. The zero-order valence-corrected chi connectivity index (χ0v) is 16.9. The molecule has 1 unspecified atom stereocenters. The molecule has 0 spiro atoms. The van der Waals surface area contributed by atoms with Crippen LogP contribution in [-0.2, 0) is 9.47 Å². The number of hydrogen-bond acceptors (Lipinski definition) is 3. The predicted octanol–water partition coefficient (Wildman–Crippen LogP) is 3.38. The average Bonchev–Trinajstić information content (AvgIpc) is 2.56. The quantitative estimate of drug-likeness (QED) is 0.531. The van der Waals surface area contributed by atoms with Gasteiger partial charge in [0.05, 0.1) is 0 Å². The molecule has 1 saturated carbocycles. The van der Waals surface area contributed by atoms with Crippen LogP contribution in [-0.4, -0.2) is 53.5 Å². The van der Waals surface area contributed by atoms with Crippen molar-refractivity contribution in [2.45, 2.75) is 56.2 Å². The zero-order chi connectivity index (χ0) is 16.9. The molecule has 0 heterocycles. The monoisotopic (exact) mass is 385 g/mol. The van der Waals surface area contributed by atoms with Crippen molar-refractivity contribution in [2.24, 2.45) is 0 Å². The average molecular weight is 384 g/mol. The van der Waals surface area contributed by atoms with Crippen molar-refractivity contribution in [2.75, 3.05) is 27.8 Å². The molecule has 23 heavy (non-hydrogen) atoms. The fraction of sp³-hybridized carbons (Fsp3) is 0.684. The first kappa shape index (κ1) is 19.0. The normalized spacial score (nSPS) is 26.4. The van der Waals surface area contributed by atoms with Crippen molar-refractivity contribution < 1.29 is 9.47 Å². The fourth-order valence-corrected chi connectivity index (χ4v) is 6.62. The molecule has 0 saturated heterocycles. The maximum atomic E-state index is 6.14. The van der Waals surface area contributed by atoms with Crippen LogP contribution in [0.5, 0.6) is 0 Å². The van der Waals surface area contributed by atoms with Gasteiger partial charge in [-0.1, -0.05) is 0 Å². The summed E-state index contributed by atoms with van der Waals surface area (Å²) < 4.78 is 13.6. The summed E-state index contributed by atoms with van der Waals surface area (Å²) in [6, 6.07) is 9.33. The Labute approximate surface area is 147 Å². The van der Waals surface area contributed by atoms with Crippen LogP contribution in [0.2, 0.25) is 4.82 Å². The summed E-state index contributed by atoms with van der Waals surface area (Å²) in [6.45, 7) is 5.07. The van der Waals surface area contributed by atoms with Gasteiger partial charge in [-0.25, -0.2) is 0 Å². The molecule has 1 aromatic carbocycles. The van der Waals surface area contributed by atoms with E-state index in [-0.39, 0.29) is 5.79 Å². The molecular weight excluding hydrogens is 353 g/mol. The van der Waals surface area contributed by atoms with Crippen molar-refractivity contribution >= 4 is 19.4 Å². The standard InChI is InChI=1S/C19H31NO2Se/c1-6-22-19(21-5)14-10-9-13-18(19)23-17-12-8-7-11-16(17)15(2)20(3)4/h7-8,11-12,15,18H,6,9-10,13-14H2,1-5H3/t15-,18?,19+/m1/s1. The zero-order valence-electron chi connectivity index (χ0n) is 15.2. The van der Waals surface area contributed by atoms with Crippen molar-refractivity contribution in [3.05, 3.63) is 29.8 Å². The van der Waals surface area contributed by atoms with Crippen molar-refractivity contribution in [1.29, 1.82) is 0 Å². The summed E-state index contributed by atoms with van der Waals surface area (Å²) in [5.41, 5.74) is 1.45. The van der Waals surface area contributed by atoms with Gasteiger partial charge in [0.25, 0.3) is 0 Å². The van der Waals surface area contributed by atoms with Gasteiger partial charge < -0.3 is 0 Å². The molecule has 0 aliphatic heterocycles. The summed E-state index contributed by atoms with van der Waals surface area (Å²) >= 11 is 0.354. The molecule has 0 radical (unpaired) electrons. The summed E-state index contributed by atoms with van der Waals surface area (Å²) in [4.78, 5) is 2.77. The summed E-state index contributed by atoms with van der Waals surface area (Å²) in [5.74, 6) is -0.374. The summed E-state index contributed by atoms with van der Waals surface area (Å²) in [6.07, 6.45) is 4.72. The van der Waals surface area contributed by atoms with E-state index in [2.05, 4.69) is 57.1 Å². The van der Waals surface area contributed by atoms with Crippen LogP contribution in [0.15, 0.2) is 24.3 Å². The minimum absolute atomic E-state index is 0.354. The minimum atomic E-state index is -0.374. The van der Waals surface area contributed by atoms with E-state index in [0.717, 1.165) is 13.0 Å². The van der Waals surface area contributed by atoms with Crippen LogP contribution in [0.4, 0.5) is 0 Å². The molecule has 3 atom stereocenters. The Hall–Kier alpha value is -0.381. The Balaban J connectivity index is 2.26. The van der Waals surface area contributed by atoms with Crippen LogP contribution in [0, 0.1) is 0 Å². The van der Waals surface area contributed by atoms with Gasteiger partial charge in [0.15, 0.2) is 0 Å². The van der Waals surface area contributed by atoms with E-state index in [4.69, 9.17) is 9.47 Å². The van der Waals surface area contributed by atoms with E-state index in [1.807, 2.05) is 7.11 Å². The molecule has 2 rings (SSSR count). The first-order chi connectivity index (χ1) is 11.0. The van der Waals surface area contributed by atoms with Crippen molar-refractivity contribution in [1.82, 2.24) is 4.90 Å². The van der Waals surface area contributed by atoms with Gasteiger partial charge in [-0.15, -0.1) is 0 Å². The molecule has 130 valence electrons. The van der Waals surface area contributed by atoms with Gasteiger partial charge in [-0.3, -0.25) is 0 Å². The third-order valence-corrected chi connectivity index (χ3v) is 8.04. The maximum absolute atomic E-state index is 6.14. The SMILES string of the molecule is CCO[C@@]1(OC)CCCCC1[Se]c1ccccc1[C@@H](C)N(C)C. The molecule has 0 amide bonds. The van der Waals surface area contributed by atoms with Gasteiger partial charge in [0.1, 0.15) is 0 Å². The Bertz CT molecular complexity index is 490. The molecule has 3 nitrogen and oxygen atoms in total. The van der Waals surface area contributed by atoms with Crippen LogP contribution < -0.4 is 4.46 Å². The van der Waals surface area contributed by atoms with Gasteiger partial charge in [0, 0.05) is 0 Å². The van der Waals surface area contributed by atoms with Crippen LogP contribution in [0.1, 0.15) is 51.1 Å². The van der Waals surface area contributed by atoms with Crippen LogP contribution >= 0.6 is 0 Å². The number of benzene rings is 1. The van der Waals surface area contributed by atoms with Crippen LogP contribution in [0.3, 0.4) is 0 Å². The van der Waals surface area contributed by atoms with E-state index in [9.17, 15) is 0 Å². The molecule has 4 heteroatoms. The van der Waals surface area contributed by atoms with E-state index in [1.165, 1.54) is 29.3 Å². The van der Waals surface area contributed by atoms with Crippen LogP contribution in [0.25, 0.3) is 0 Å². The van der Waals surface area contributed by atoms with E-state index < -0.39 is 0 Å². The predicted molar refractivity (Wildman–Crippen MR) is 97.5 cm³/mol. The Morgan fingerprint density at radius 1 is 1.30 bits per heavy atom. The fourth-order valence-electron chi connectivity index (χ4n) is 3.30. The Kier molecular flexibility index (Phi) is 7.12. The second-order valence-corrected chi connectivity index (χ2v) is 9.09. The second kappa shape index (κ2) is 8.64. The number of rotatable bonds is 7. The van der Waals surface area contributed by atoms with E-state index in [1.54, 1.807) is 0 Å². The third-order valence-electron chi connectivity index (χ3n) is 4.88. The number of nitrogens with zero attached hydrogens (tertiary/aromatic N) is 1. The number of ether oxygens (including phenoxy) is 2. The summed E-state index contributed by atoms with van der Waals surface area (Å²) in [5, 5.41) is 0. The summed E-state index contributed by atoms with van der Waals surface area (Å²) in [7, 11) is 6.11. The van der Waals surface area contributed by atoms with Crippen molar-refractivity contribution in [3.63, 3.8) is 0 Å². The van der Waals surface area contributed by atoms with E-state index >= 15 is 0 Å². The Morgan fingerprint density at radius 3 is 2.70 bits per heavy atom.